The Labute approximate surface area is 123 Å². The van der Waals surface area contributed by atoms with E-state index in [-0.39, 0.29) is 6.04 Å². The summed E-state index contributed by atoms with van der Waals surface area (Å²) in [5.41, 5.74) is 2.20. The Hall–Kier alpha value is -2.37. The number of fused-ring (bicyclic) bond motifs is 1. The summed E-state index contributed by atoms with van der Waals surface area (Å²) < 4.78 is 16.2. The van der Waals surface area contributed by atoms with Gasteiger partial charge >= 0.3 is 5.97 Å². The molecule has 1 aliphatic rings. The van der Waals surface area contributed by atoms with Crippen LogP contribution in [0.5, 0.6) is 17.2 Å². The van der Waals surface area contributed by atoms with Gasteiger partial charge in [0, 0.05) is 28.9 Å². The second-order valence-electron chi connectivity index (χ2n) is 4.82. The Morgan fingerprint density at radius 2 is 1.95 bits per heavy atom. The van der Waals surface area contributed by atoms with Crippen LogP contribution >= 0.6 is 0 Å². The fraction of sp³-hybridized carbons (Fsp3) is 0.400. The zero-order valence-corrected chi connectivity index (χ0v) is 12.5. The van der Waals surface area contributed by atoms with Gasteiger partial charge in [0.05, 0.1) is 21.3 Å². The number of ether oxygens (including phenoxy) is 3. The number of aliphatic carboxylic acids is 1. The Morgan fingerprint density at radius 1 is 1.29 bits per heavy atom. The zero-order valence-electron chi connectivity index (χ0n) is 12.5. The first-order chi connectivity index (χ1) is 10.0. The van der Waals surface area contributed by atoms with Crippen molar-refractivity contribution < 1.29 is 24.1 Å². The van der Waals surface area contributed by atoms with E-state index in [1.807, 2.05) is 6.92 Å². The Bertz CT molecular complexity index is 594. The lowest BCUT2D eigenvalue weighted by Crippen LogP contribution is -2.32. The van der Waals surface area contributed by atoms with E-state index in [2.05, 4.69) is 5.32 Å². The molecule has 1 heterocycles. The second kappa shape index (κ2) is 5.95. The van der Waals surface area contributed by atoms with Crippen LogP contribution in [0.25, 0.3) is 5.70 Å². The molecule has 6 nitrogen and oxygen atoms in total. The van der Waals surface area contributed by atoms with Gasteiger partial charge in [0.25, 0.3) is 0 Å². The van der Waals surface area contributed by atoms with Crippen molar-refractivity contribution in [3.63, 3.8) is 0 Å². The molecular formula is C15H19NO5. The molecule has 6 heteroatoms. The molecule has 0 aromatic heterocycles. The Kier molecular flexibility index (Phi) is 4.26. The largest absolute Gasteiger partial charge is 0.493 e. The molecule has 1 unspecified atom stereocenters. The van der Waals surface area contributed by atoms with Gasteiger partial charge < -0.3 is 24.6 Å². The van der Waals surface area contributed by atoms with E-state index >= 15 is 0 Å². The van der Waals surface area contributed by atoms with Gasteiger partial charge in [-0.1, -0.05) is 0 Å². The Balaban J connectivity index is 2.72. The molecule has 1 atom stereocenters. The van der Waals surface area contributed by atoms with Gasteiger partial charge in [-0.15, -0.1) is 0 Å². The number of benzene rings is 1. The summed E-state index contributed by atoms with van der Waals surface area (Å²) in [6.07, 6.45) is 1.86. The number of hydrogen-bond acceptors (Lipinski definition) is 5. The molecule has 0 bridgehead atoms. The van der Waals surface area contributed by atoms with Crippen LogP contribution in [0.3, 0.4) is 0 Å². The van der Waals surface area contributed by atoms with Crippen LogP contribution in [0, 0.1) is 0 Å². The molecule has 0 fully saturated rings. The van der Waals surface area contributed by atoms with E-state index in [0.717, 1.165) is 17.2 Å². The normalized spacial score (nSPS) is 18.7. The highest BCUT2D eigenvalue weighted by Crippen LogP contribution is 2.45. The molecule has 21 heavy (non-hydrogen) atoms. The first-order valence-electron chi connectivity index (χ1n) is 6.55. The summed E-state index contributed by atoms with van der Waals surface area (Å²) in [5, 5.41) is 12.2. The average Bonchev–Trinajstić information content (AvgIpc) is 2.44. The molecule has 0 saturated heterocycles. The van der Waals surface area contributed by atoms with Crippen molar-refractivity contribution in [2.24, 2.45) is 0 Å². The van der Waals surface area contributed by atoms with Crippen LogP contribution in [0.2, 0.25) is 0 Å². The van der Waals surface area contributed by atoms with Gasteiger partial charge in [-0.3, -0.25) is 0 Å². The van der Waals surface area contributed by atoms with Crippen LogP contribution in [0.15, 0.2) is 12.1 Å². The van der Waals surface area contributed by atoms with Crippen molar-refractivity contribution in [2.75, 3.05) is 21.3 Å². The van der Waals surface area contributed by atoms with Gasteiger partial charge in [-0.25, -0.2) is 4.79 Å². The third kappa shape index (κ3) is 2.74. The molecule has 114 valence electrons. The van der Waals surface area contributed by atoms with Crippen LogP contribution in [-0.2, 0) is 11.2 Å². The molecule has 0 aliphatic carbocycles. The zero-order chi connectivity index (χ0) is 15.6. The molecule has 2 rings (SSSR count). The maximum Gasteiger partial charge on any atom is 0.330 e. The van der Waals surface area contributed by atoms with Crippen LogP contribution in [0.1, 0.15) is 18.1 Å². The lowest BCUT2D eigenvalue weighted by Gasteiger charge is -2.29. The predicted octanol–water partition coefficient (Wildman–Crippen LogP) is 1.67. The van der Waals surface area contributed by atoms with E-state index in [1.165, 1.54) is 7.11 Å². The summed E-state index contributed by atoms with van der Waals surface area (Å²) in [4.78, 5) is 11.0. The molecule has 2 N–H and O–H groups in total. The quantitative estimate of drug-likeness (QED) is 0.822. The number of carboxylic acids is 1. The first kappa shape index (κ1) is 15.0. The number of methoxy groups -OCH3 is 3. The number of rotatable bonds is 4. The summed E-state index contributed by atoms with van der Waals surface area (Å²) in [6.45, 7) is 1.98. The molecule has 0 amide bonds. The number of hydrogen-bond donors (Lipinski definition) is 2. The van der Waals surface area contributed by atoms with Gasteiger partial charge in [-0.05, 0) is 19.4 Å². The summed E-state index contributed by atoms with van der Waals surface area (Å²) in [7, 11) is 4.64. The summed E-state index contributed by atoms with van der Waals surface area (Å²) >= 11 is 0. The molecular weight excluding hydrogens is 274 g/mol. The van der Waals surface area contributed by atoms with Crippen molar-refractivity contribution in [3.05, 3.63) is 23.3 Å². The number of nitrogens with one attached hydrogen (secondary N) is 1. The topological polar surface area (TPSA) is 77.0 Å². The number of carbonyl (C=O) groups is 1. The molecule has 1 aromatic rings. The van der Waals surface area contributed by atoms with Crippen LogP contribution in [-0.4, -0.2) is 38.4 Å². The van der Waals surface area contributed by atoms with Crippen molar-refractivity contribution in [1.82, 2.24) is 5.32 Å². The minimum atomic E-state index is -1.01. The van der Waals surface area contributed by atoms with E-state index in [0.29, 0.717) is 29.4 Å². The highest BCUT2D eigenvalue weighted by molar-refractivity contribution is 5.91. The summed E-state index contributed by atoms with van der Waals surface area (Å²) in [6, 6.07) is 1.86. The van der Waals surface area contributed by atoms with Gasteiger partial charge in [0.2, 0.25) is 5.75 Å². The van der Waals surface area contributed by atoms with Crippen LogP contribution < -0.4 is 19.5 Å². The molecule has 1 aromatic carbocycles. The third-order valence-electron chi connectivity index (χ3n) is 3.40. The van der Waals surface area contributed by atoms with Gasteiger partial charge in [0.1, 0.15) is 0 Å². The van der Waals surface area contributed by atoms with E-state index in [4.69, 9.17) is 19.3 Å². The Morgan fingerprint density at radius 3 is 2.48 bits per heavy atom. The highest BCUT2D eigenvalue weighted by atomic mass is 16.5. The van der Waals surface area contributed by atoms with Gasteiger partial charge in [0.15, 0.2) is 11.5 Å². The maximum atomic E-state index is 11.0. The second-order valence-corrected chi connectivity index (χ2v) is 4.82. The van der Waals surface area contributed by atoms with E-state index < -0.39 is 5.97 Å². The molecule has 0 saturated carbocycles. The maximum absolute atomic E-state index is 11.0. The minimum absolute atomic E-state index is 0.0927. The number of carboxylic acid groups (broad SMARTS) is 1. The summed E-state index contributed by atoms with van der Waals surface area (Å²) in [5.74, 6) is 0.589. The van der Waals surface area contributed by atoms with Crippen molar-refractivity contribution >= 4 is 11.7 Å². The average molecular weight is 293 g/mol. The molecule has 1 aliphatic heterocycles. The van der Waals surface area contributed by atoms with Gasteiger partial charge in [-0.2, -0.15) is 0 Å². The lowest BCUT2D eigenvalue weighted by molar-refractivity contribution is -0.131. The smallest absolute Gasteiger partial charge is 0.330 e. The molecule has 0 spiro atoms. The minimum Gasteiger partial charge on any atom is -0.493 e. The van der Waals surface area contributed by atoms with Crippen LogP contribution in [0.4, 0.5) is 0 Å². The molecule has 0 radical (unpaired) electrons. The fourth-order valence-electron chi connectivity index (χ4n) is 2.60. The first-order valence-corrected chi connectivity index (χ1v) is 6.55. The SMILES string of the molecule is COc1cc2c(c(OC)c1OC)CC(C)NC2=CC(=O)O. The van der Waals surface area contributed by atoms with E-state index in [1.54, 1.807) is 20.3 Å². The van der Waals surface area contributed by atoms with Crippen molar-refractivity contribution in [3.8, 4) is 17.2 Å². The lowest BCUT2D eigenvalue weighted by atomic mass is 9.92. The van der Waals surface area contributed by atoms with Crippen molar-refractivity contribution in [2.45, 2.75) is 19.4 Å². The highest BCUT2D eigenvalue weighted by Gasteiger charge is 2.27. The standard InChI is InChI=1S/C15H19NO5/c1-8-5-10-9(11(16-8)7-13(17)18)6-12(19-2)15(21-4)14(10)20-3/h6-8,16H,5H2,1-4H3,(H,17,18). The van der Waals surface area contributed by atoms with E-state index in [9.17, 15) is 4.79 Å². The predicted molar refractivity (Wildman–Crippen MR) is 78.0 cm³/mol. The third-order valence-corrected chi connectivity index (χ3v) is 3.40. The van der Waals surface area contributed by atoms with Crippen molar-refractivity contribution in [1.29, 1.82) is 0 Å². The fourth-order valence-corrected chi connectivity index (χ4v) is 2.60. The monoisotopic (exact) mass is 293 g/mol.